The van der Waals surface area contributed by atoms with Gasteiger partial charge in [-0.05, 0) is 61.9 Å². The molecule has 0 spiro atoms. The summed E-state index contributed by atoms with van der Waals surface area (Å²) in [6, 6.07) is 4.51. The van der Waals surface area contributed by atoms with Gasteiger partial charge in [-0.3, -0.25) is 0 Å². The van der Waals surface area contributed by atoms with Gasteiger partial charge in [0.15, 0.2) is 0 Å². The van der Waals surface area contributed by atoms with Crippen LogP contribution in [0.1, 0.15) is 43.4 Å². The summed E-state index contributed by atoms with van der Waals surface area (Å²) in [5, 5.41) is 0. The van der Waals surface area contributed by atoms with Crippen molar-refractivity contribution < 1.29 is 4.74 Å². The van der Waals surface area contributed by atoms with Crippen LogP contribution in [0.3, 0.4) is 0 Å². The molecule has 2 N–H and O–H groups in total. The average Bonchev–Trinajstić information content (AvgIpc) is 2.30. The van der Waals surface area contributed by atoms with Gasteiger partial charge in [0, 0.05) is 6.04 Å². The second-order valence-electron chi connectivity index (χ2n) is 4.76. The molecule has 96 valence electrons. The molecule has 0 fully saturated rings. The first kappa shape index (κ1) is 14.0. The standard InChI is InChI=1S/C15H25NO/c1-5-7-17-14-8-11(3)15(12(4)9-14)10-13(16)6-2/h8-9,13H,5-7,10,16H2,1-4H3. The Kier molecular flexibility index (Phi) is 5.49. The first-order valence-corrected chi connectivity index (χ1v) is 6.57. The van der Waals surface area contributed by atoms with Gasteiger partial charge in [0.25, 0.3) is 0 Å². The summed E-state index contributed by atoms with van der Waals surface area (Å²) in [4.78, 5) is 0. The first-order chi connectivity index (χ1) is 8.08. The molecular formula is C15H25NO. The topological polar surface area (TPSA) is 35.2 Å². The third-order valence-corrected chi connectivity index (χ3v) is 3.13. The molecule has 17 heavy (non-hydrogen) atoms. The molecule has 0 aliphatic carbocycles. The Labute approximate surface area is 105 Å². The van der Waals surface area contributed by atoms with E-state index >= 15 is 0 Å². The average molecular weight is 235 g/mol. The third-order valence-electron chi connectivity index (χ3n) is 3.13. The predicted molar refractivity (Wildman–Crippen MR) is 73.7 cm³/mol. The zero-order valence-corrected chi connectivity index (χ0v) is 11.5. The molecule has 2 nitrogen and oxygen atoms in total. The van der Waals surface area contributed by atoms with Gasteiger partial charge >= 0.3 is 0 Å². The molecule has 1 unspecified atom stereocenters. The minimum atomic E-state index is 0.259. The van der Waals surface area contributed by atoms with Gasteiger partial charge in [0.2, 0.25) is 0 Å². The van der Waals surface area contributed by atoms with Crippen molar-refractivity contribution in [3.63, 3.8) is 0 Å². The van der Waals surface area contributed by atoms with Crippen molar-refractivity contribution in [1.29, 1.82) is 0 Å². The van der Waals surface area contributed by atoms with Crippen molar-refractivity contribution in [2.75, 3.05) is 6.61 Å². The van der Waals surface area contributed by atoms with E-state index in [1.54, 1.807) is 0 Å². The zero-order chi connectivity index (χ0) is 12.8. The van der Waals surface area contributed by atoms with Gasteiger partial charge in [-0.2, -0.15) is 0 Å². The summed E-state index contributed by atoms with van der Waals surface area (Å²) < 4.78 is 5.67. The highest BCUT2D eigenvalue weighted by Gasteiger charge is 2.09. The molecule has 0 saturated carbocycles. The molecule has 0 radical (unpaired) electrons. The lowest BCUT2D eigenvalue weighted by Gasteiger charge is -2.16. The number of aryl methyl sites for hydroxylation is 2. The molecule has 0 amide bonds. The van der Waals surface area contributed by atoms with Crippen LogP contribution in [-0.2, 0) is 6.42 Å². The van der Waals surface area contributed by atoms with Gasteiger partial charge in [-0.15, -0.1) is 0 Å². The number of hydrogen-bond acceptors (Lipinski definition) is 2. The number of benzene rings is 1. The number of ether oxygens (including phenoxy) is 1. The van der Waals surface area contributed by atoms with Crippen LogP contribution in [0, 0.1) is 13.8 Å². The largest absolute Gasteiger partial charge is 0.494 e. The fraction of sp³-hybridized carbons (Fsp3) is 0.600. The van der Waals surface area contributed by atoms with Crippen molar-refractivity contribution in [3.8, 4) is 5.75 Å². The van der Waals surface area contributed by atoms with E-state index in [4.69, 9.17) is 10.5 Å². The lowest BCUT2D eigenvalue weighted by molar-refractivity contribution is 0.317. The van der Waals surface area contributed by atoms with Crippen LogP contribution in [0.5, 0.6) is 5.75 Å². The minimum absolute atomic E-state index is 0.259. The summed E-state index contributed by atoms with van der Waals surface area (Å²) >= 11 is 0. The van der Waals surface area contributed by atoms with E-state index in [9.17, 15) is 0 Å². The van der Waals surface area contributed by atoms with Crippen molar-refractivity contribution in [1.82, 2.24) is 0 Å². The highest BCUT2D eigenvalue weighted by atomic mass is 16.5. The number of rotatable bonds is 6. The van der Waals surface area contributed by atoms with E-state index in [0.29, 0.717) is 0 Å². The van der Waals surface area contributed by atoms with Gasteiger partial charge in [0.1, 0.15) is 5.75 Å². The molecule has 1 aromatic carbocycles. The van der Waals surface area contributed by atoms with Gasteiger partial charge in [0.05, 0.1) is 6.61 Å². The van der Waals surface area contributed by atoms with Crippen molar-refractivity contribution in [3.05, 3.63) is 28.8 Å². The van der Waals surface area contributed by atoms with E-state index in [0.717, 1.165) is 31.6 Å². The first-order valence-electron chi connectivity index (χ1n) is 6.57. The monoisotopic (exact) mass is 235 g/mol. The highest BCUT2D eigenvalue weighted by molar-refractivity contribution is 5.41. The van der Waals surface area contributed by atoms with Crippen LogP contribution >= 0.6 is 0 Å². The maximum Gasteiger partial charge on any atom is 0.119 e. The normalized spacial score (nSPS) is 12.5. The SMILES string of the molecule is CCCOc1cc(C)c(CC(N)CC)c(C)c1. The molecule has 2 heteroatoms. The summed E-state index contributed by atoms with van der Waals surface area (Å²) in [6.07, 6.45) is 3.02. The van der Waals surface area contributed by atoms with E-state index in [1.807, 2.05) is 0 Å². The van der Waals surface area contributed by atoms with Gasteiger partial charge in [-0.25, -0.2) is 0 Å². The Hall–Kier alpha value is -1.02. The Balaban J connectivity index is 2.86. The van der Waals surface area contributed by atoms with Crippen molar-refractivity contribution in [2.45, 2.75) is 53.0 Å². The second kappa shape index (κ2) is 6.65. The summed E-state index contributed by atoms with van der Waals surface area (Å²) in [5.41, 5.74) is 9.99. The molecular weight excluding hydrogens is 210 g/mol. The minimum Gasteiger partial charge on any atom is -0.494 e. The number of hydrogen-bond donors (Lipinski definition) is 1. The molecule has 1 rings (SSSR count). The van der Waals surface area contributed by atoms with E-state index in [2.05, 4.69) is 39.8 Å². The van der Waals surface area contributed by atoms with Crippen molar-refractivity contribution in [2.24, 2.45) is 5.73 Å². The quantitative estimate of drug-likeness (QED) is 0.820. The van der Waals surface area contributed by atoms with Gasteiger partial charge < -0.3 is 10.5 Å². The lowest BCUT2D eigenvalue weighted by atomic mass is 9.95. The number of nitrogens with two attached hydrogens (primary N) is 1. The molecule has 0 aliphatic rings. The van der Waals surface area contributed by atoms with Crippen LogP contribution < -0.4 is 10.5 Å². The van der Waals surface area contributed by atoms with Crippen LogP contribution in [0.2, 0.25) is 0 Å². The maximum absolute atomic E-state index is 6.03. The molecule has 1 aromatic rings. The second-order valence-corrected chi connectivity index (χ2v) is 4.76. The highest BCUT2D eigenvalue weighted by Crippen LogP contribution is 2.23. The molecule has 0 aromatic heterocycles. The molecule has 0 saturated heterocycles. The van der Waals surface area contributed by atoms with Crippen LogP contribution in [-0.4, -0.2) is 12.6 Å². The zero-order valence-electron chi connectivity index (χ0n) is 11.5. The van der Waals surface area contributed by atoms with Gasteiger partial charge in [-0.1, -0.05) is 13.8 Å². The van der Waals surface area contributed by atoms with E-state index in [1.165, 1.54) is 16.7 Å². The third kappa shape index (κ3) is 4.04. The summed E-state index contributed by atoms with van der Waals surface area (Å²) in [7, 11) is 0. The van der Waals surface area contributed by atoms with Crippen LogP contribution in [0.25, 0.3) is 0 Å². The van der Waals surface area contributed by atoms with E-state index in [-0.39, 0.29) is 6.04 Å². The summed E-state index contributed by atoms with van der Waals surface area (Å²) in [6.45, 7) is 9.32. The van der Waals surface area contributed by atoms with Crippen molar-refractivity contribution >= 4 is 0 Å². The molecule has 0 aliphatic heterocycles. The molecule has 0 bridgehead atoms. The predicted octanol–water partition coefficient (Wildman–Crippen LogP) is 3.37. The Morgan fingerprint density at radius 2 is 1.76 bits per heavy atom. The molecule has 1 atom stereocenters. The smallest absolute Gasteiger partial charge is 0.119 e. The lowest BCUT2D eigenvalue weighted by Crippen LogP contribution is -2.22. The fourth-order valence-electron chi connectivity index (χ4n) is 1.99. The Bertz CT molecular complexity index is 337. The fourth-order valence-corrected chi connectivity index (χ4v) is 1.99. The summed E-state index contributed by atoms with van der Waals surface area (Å²) in [5.74, 6) is 0.982. The van der Waals surface area contributed by atoms with Crippen LogP contribution in [0.15, 0.2) is 12.1 Å². The molecule has 0 heterocycles. The maximum atomic E-state index is 6.03. The Morgan fingerprint density at radius 3 is 2.24 bits per heavy atom. The Morgan fingerprint density at radius 1 is 1.18 bits per heavy atom. The van der Waals surface area contributed by atoms with E-state index < -0.39 is 0 Å². The van der Waals surface area contributed by atoms with Crippen LogP contribution in [0.4, 0.5) is 0 Å².